The maximum Gasteiger partial charge on any atom is 0.305 e. The SMILES string of the molecule is CC(C)c1csc2c(-c3ccc(F)cc3)c(/C=C/[C@@H](O)C[C@@H](O)CC(=O)O)c(C3CC3)nc12. The average molecular weight is 470 g/mol. The molecule has 0 amide bonds. The van der Waals surface area contributed by atoms with E-state index >= 15 is 0 Å². The molecule has 0 radical (unpaired) electrons. The fourth-order valence-electron chi connectivity index (χ4n) is 4.09. The molecular formula is C26H28FNO4S. The van der Waals surface area contributed by atoms with Crippen molar-refractivity contribution in [2.75, 3.05) is 0 Å². The van der Waals surface area contributed by atoms with E-state index in [1.807, 2.05) is 6.08 Å². The number of aliphatic carboxylic acids is 1. The van der Waals surface area contributed by atoms with E-state index in [1.54, 1.807) is 29.5 Å². The van der Waals surface area contributed by atoms with E-state index in [-0.39, 0.29) is 12.2 Å². The third-order valence-corrected chi connectivity index (χ3v) is 6.93. The molecular weight excluding hydrogens is 441 g/mol. The van der Waals surface area contributed by atoms with Crippen LogP contribution in [0.15, 0.2) is 35.7 Å². The Labute approximate surface area is 196 Å². The van der Waals surface area contributed by atoms with Gasteiger partial charge in [-0.05, 0) is 47.4 Å². The standard InChI is InChI=1S/C26H28FNO4S/c1-14(2)21-13-33-26-23(15-5-7-17(27)8-6-15)20(24(16-3-4-16)28-25(21)26)10-9-18(29)11-19(30)12-22(31)32/h5-10,13-14,16,18-19,29-30H,3-4,11-12H2,1-2H3,(H,31,32)/b10-9+/t18-,19-/m1/s1. The van der Waals surface area contributed by atoms with Crippen LogP contribution in [0.4, 0.5) is 4.39 Å². The molecule has 2 heterocycles. The molecule has 33 heavy (non-hydrogen) atoms. The third-order valence-electron chi connectivity index (χ3n) is 5.92. The normalized spacial score (nSPS) is 16.1. The molecule has 3 aromatic rings. The van der Waals surface area contributed by atoms with Gasteiger partial charge in [0.1, 0.15) is 5.82 Å². The molecule has 2 aromatic heterocycles. The number of halogens is 1. The lowest BCUT2D eigenvalue weighted by Crippen LogP contribution is -2.19. The van der Waals surface area contributed by atoms with Crippen molar-refractivity contribution in [1.82, 2.24) is 4.98 Å². The van der Waals surface area contributed by atoms with Crippen molar-refractivity contribution in [2.45, 2.75) is 63.6 Å². The highest BCUT2D eigenvalue weighted by atomic mass is 32.1. The Morgan fingerprint density at radius 1 is 1.24 bits per heavy atom. The topological polar surface area (TPSA) is 90.7 Å². The quantitative estimate of drug-likeness (QED) is 0.374. The molecule has 7 heteroatoms. The van der Waals surface area contributed by atoms with Crippen LogP contribution in [0.2, 0.25) is 0 Å². The zero-order valence-electron chi connectivity index (χ0n) is 18.7. The van der Waals surface area contributed by atoms with Crippen molar-refractivity contribution in [3.05, 3.63) is 58.4 Å². The van der Waals surface area contributed by atoms with Crippen LogP contribution in [-0.2, 0) is 4.79 Å². The van der Waals surface area contributed by atoms with Crippen LogP contribution in [0.25, 0.3) is 27.4 Å². The predicted octanol–water partition coefficient (Wildman–Crippen LogP) is 5.70. The molecule has 174 valence electrons. The van der Waals surface area contributed by atoms with Gasteiger partial charge in [-0.15, -0.1) is 11.3 Å². The number of aliphatic hydroxyl groups is 2. The van der Waals surface area contributed by atoms with Crippen molar-refractivity contribution in [1.29, 1.82) is 0 Å². The molecule has 0 spiro atoms. The summed E-state index contributed by atoms with van der Waals surface area (Å²) in [6.45, 7) is 4.29. The highest BCUT2D eigenvalue weighted by Gasteiger charge is 2.31. The number of thiophene rings is 1. The zero-order valence-corrected chi connectivity index (χ0v) is 19.5. The number of aliphatic hydroxyl groups excluding tert-OH is 2. The lowest BCUT2D eigenvalue weighted by Gasteiger charge is -2.16. The Morgan fingerprint density at radius 2 is 1.94 bits per heavy atom. The van der Waals surface area contributed by atoms with Crippen molar-refractivity contribution in [3.63, 3.8) is 0 Å². The number of carbonyl (C=O) groups is 1. The van der Waals surface area contributed by atoms with E-state index in [9.17, 15) is 19.4 Å². The third kappa shape index (κ3) is 5.32. The first-order chi connectivity index (χ1) is 15.7. The van der Waals surface area contributed by atoms with Gasteiger partial charge < -0.3 is 15.3 Å². The summed E-state index contributed by atoms with van der Waals surface area (Å²) >= 11 is 1.62. The maximum absolute atomic E-state index is 13.7. The number of carboxylic acids is 1. The van der Waals surface area contributed by atoms with Crippen LogP contribution < -0.4 is 0 Å². The summed E-state index contributed by atoms with van der Waals surface area (Å²) in [5, 5.41) is 31.3. The summed E-state index contributed by atoms with van der Waals surface area (Å²) in [5.41, 5.74) is 5.87. The second-order valence-electron chi connectivity index (χ2n) is 9.00. The Kier molecular flexibility index (Phi) is 6.93. The zero-order chi connectivity index (χ0) is 23.7. The fourth-order valence-corrected chi connectivity index (χ4v) is 5.34. The molecule has 0 bridgehead atoms. The molecule has 0 aliphatic heterocycles. The minimum atomic E-state index is -1.13. The largest absolute Gasteiger partial charge is 0.481 e. The minimum absolute atomic E-state index is 0.0698. The number of benzene rings is 1. The molecule has 1 aliphatic carbocycles. The molecule has 1 aromatic carbocycles. The van der Waals surface area contributed by atoms with Gasteiger partial charge in [0.15, 0.2) is 0 Å². The van der Waals surface area contributed by atoms with Crippen LogP contribution in [0.1, 0.15) is 68.2 Å². The summed E-state index contributed by atoms with van der Waals surface area (Å²) in [4.78, 5) is 15.9. The summed E-state index contributed by atoms with van der Waals surface area (Å²) < 4.78 is 14.7. The van der Waals surface area contributed by atoms with Gasteiger partial charge >= 0.3 is 5.97 Å². The molecule has 4 rings (SSSR count). The van der Waals surface area contributed by atoms with E-state index in [0.717, 1.165) is 45.4 Å². The summed E-state index contributed by atoms with van der Waals surface area (Å²) in [5.74, 6) is -0.761. The molecule has 0 saturated heterocycles. The average Bonchev–Trinajstić information content (AvgIpc) is 3.50. The fraction of sp³-hybridized carbons (Fsp3) is 0.385. The van der Waals surface area contributed by atoms with Crippen molar-refractivity contribution >= 4 is 33.6 Å². The van der Waals surface area contributed by atoms with E-state index < -0.39 is 24.6 Å². The van der Waals surface area contributed by atoms with Crippen LogP contribution in [0.5, 0.6) is 0 Å². The van der Waals surface area contributed by atoms with Crippen molar-refractivity contribution < 1.29 is 24.5 Å². The lowest BCUT2D eigenvalue weighted by atomic mass is 9.94. The second-order valence-corrected chi connectivity index (χ2v) is 9.88. The second kappa shape index (κ2) is 9.71. The van der Waals surface area contributed by atoms with Crippen LogP contribution in [-0.4, -0.2) is 38.5 Å². The maximum atomic E-state index is 13.7. The van der Waals surface area contributed by atoms with E-state index in [4.69, 9.17) is 10.1 Å². The van der Waals surface area contributed by atoms with Crippen LogP contribution >= 0.6 is 11.3 Å². The van der Waals surface area contributed by atoms with Crippen LogP contribution in [0.3, 0.4) is 0 Å². The van der Waals surface area contributed by atoms with Gasteiger partial charge in [0.25, 0.3) is 0 Å². The monoisotopic (exact) mass is 469 g/mol. The number of hydrogen-bond acceptors (Lipinski definition) is 5. The number of nitrogens with zero attached hydrogens (tertiary/aromatic N) is 1. The number of fused-ring (bicyclic) bond motifs is 1. The van der Waals surface area contributed by atoms with Gasteiger partial charge in [-0.2, -0.15) is 0 Å². The van der Waals surface area contributed by atoms with Crippen molar-refractivity contribution in [2.24, 2.45) is 0 Å². The van der Waals surface area contributed by atoms with Gasteiger partial charge in [0, 0.05) is 23.5 Å². The lowest BCUT2D eigenvalue weighted by molar-refractivity contribution is -0.139. The first-order valence-electron chi connectivity index (χ1n) is 11.2. The number of rotatable bonds is 9. The van der Waals surface area contributed by atoms with Gasteiger partial charge in [-0.1, -0.05) is 38.1 Å². The van der Waals surface area contributed by atoms with Gasteiger partial charge in [0.05, 0.1) is 34.5 Å². The Morgan fingerprint density at radius 3 is 2.55 bits per heavy atom. The summed E-state index contributed by atoms with van der Waals surface area (Å²) in [7, 11) is 0. The van der Waals surface area contributed by atoms with E-state index in [0.29, 0.717) is 11.8 Å². The first kappa shape index (κ1) is 23.5. The Bertz CT molecular complexity index is 1180. The minimum Gasteiger partial charge on any atom is -0.481 e. The van der Waals surface area contributed by atoms with Crippen LogP contribution in [0, 0.1) is 5.82 Å². The van der Waals surface area contributed by atoms with E-state index in [1.165, 1.54) is 17.7 Å². The molecule has 3 N–H and O–H groups in total. The van der Waals surface area contributed by atoms with E-state index in [2.05, 4.69) is 19.2 Å². The Balaban J connectivity index is 1.83. The van der Waals surface area contributed by atoms with Crippen molar-refractivity contribution in [3.8, 4) is 11.1 Å². The molecule has 0 unspecified atom stereocenters. The molecule has 2 atom stereocenters. The number of carboxylic acid groups (broad SMARTS) is 1. The number of pyridine rings is 1. The molecule has 1 saturated carbocycles. The molecule has 1 aliphatic rings. The summed E-state index contributed by atoms with van der Waals surface area (Å²) in [6.07, 6.45) is 2.88. The highest BCUT2D eigenvalue weighted by molar-refractivity contribution is 7.18. The number of aromatic nitrogens is 1. The highest BCUT2D eigenvalue weighted by Crippen LogP contribution is 2.47. The molecule has 5 nitrogen and oxygen atoms in total. The van der Waals surface area contributed by atoms with Gasteiger partial charge in [-0.3, -0.25) is 9.78 Å². The first-order valence-corrected chi connectivity index (χ1v) is 12.1. The number of hydrogen-bond donors (Lipinski definition) is 3. The van der Waals surface area contributed by atoms with Gasteiger partial charge in [-0.25, -0.2) is 4.39 Å². The smallest absolute Gasteiger partial charge is 0.305 e. The molecule has 1 fully saturated rings. The summed E-state index contributed by atoms with van der Waals surface area (Å²) in [6, 6.07) is 6.42. The predicted molar refractivity (Wildman–Crippen MR) is 129 cm³/mol. The van der Waals surface area contributed by atoms with Gasteiger partial charge in [0.2, 0.25) is 0 Å². The Hall–Kier alpha value is -2.61.